The van der Waals surface area contributed by atoms with Crippen LogP contribution in [0.3, 0.4) is 0 Å². The minimum absolute atomic E-state index is 0.304. The summed E-state index contributed by atoms with van der Waals surface area (Å²) in [7, 11) is 0. The lowest BCUT2D eigenvalue weighted by Gasteiger charge is -2.15. The highest BCUT2D eigenvalue weighted by atomic mass is 14.7. The zero-order valence-electron chi connectivity index (χ0n) is 11.1. The van der Waals surface area contributed by atoms with E-state index in [4.69, 9.17) is 0 Å². The average molecular weight is 247 g/mol. The number of hydrogen-bond donors (Lipinski definition) is 0. The number of fused-ring (bicyclic) bond motifs is 1. The maximum Gasteiger partial charge on any atom is 0.0475 e. The van der Waals surface area contributed by atoms with Gasteiger partial charge in [0.05, 0.1) is 0 Å². The van der Waals surface area contributed by atoms with Crippen molar-refractivity contribution in [2.75, 3.05) is 0 Å². The number of nitrogens with zero attached hydrogens (tertiary/aromatic N) is 1. The van der Waals surface area contributed by atoms with Crippen LogP contribution in [0, 0.1) is 0 Å². The first-order valence-electron chi connectivity index (χ1n) is 6.66. The monoisotopic (exact) mass is 247 g/mol. The zero-order valence-corrected chi connectivity index (χ0v) is 11.1. The van der Waals surface area contributed by atoms with Gasteiger partial charge in [-0.05, 0) is 40.8 Å². The summed E-state index contributed by atoms with van der Waals surface area (Å²) >= 11 is 0. The van der Waals surface area contributed by atoms with Crippen LogP contribution in [0.1, 0.15) is 29.7 Å². The second-order valence-electron chi connectivity index (χ2n) is 4.95. The van der Waals surface area contributed by atoms with Gasteiger partial charge in [0.15, 0.2) is 0 Å². The van der Waals surface area contributed by atoms with Gasteiger partial charge in [-0.2, -0.15) is 0 Å². The number of benzene rings is 1. The van der Waals surface area contributed by atoms with E-state index in [2.05, 4.69) is 48.8 Å². The molecule has 2 aromatic rings. The highest BCUT2D eigenvalue weighted by Gasteiger charge is 2.24. The van der Waals surface area contributed by atoms with Crippen molar-refractivity contribution >= 4 is 5.57 Å². The van der Waals surface area contributed by atoms with Crippen molar-refractivity contribution in [3.05, 3.63) is 83.7 Å². The molecule has 0 aliphatic heterocycles. The number of allylic oxidation sites excluding steroid dienone is 3. The van der Waals surface area contributed by atoms with Gasteiger partial charge in [0.1, 0.15) is 0 Å². The zero-order chi connectivity index (χ0) is 13.2. The highest BCUT2D eigenvalue weighted by molar-refractivity contribution is 5.81. The molecule has 94 valence electrons. The summed E-state index contributed by atoms with van der Waals surface area (Å²) in [6, 6.07) is 14.7. The first-order valence-corrected chi connectivity index (χ1v) is 6.66. The topological polar surface area (TPSA) is 12.9 Å². The third-order valence-electron chi connectivity index (χ3n) is 3.85. The molecule has 19 heavy (non-hydrogen) atoms. The third-order valence-corrected chi connectivity index (χ3v) is 3.85. The smallest absolute Gasteiger partial charge is 0.0475 e. The normalized spacial score (nSPS) is 15.2. The van der Waals surface area contributed by atoms with Gasteiger partial charge < -0.3 is 0 Å². The van der Waals surface area contributed by atoms with Crippen LogP contribution in [0.2, 0.25) is 0 Å². The molecule has 0 N–H and O–H groups in total. The molecule has 1 aromatic heterocycles. The molecule has 1 unspecified atom stereocenters. The molecule has 1 atom stereocenters. The molecule has 0 spiro atoms. The third kappa shape index (κ3) is 2.01. The molecule has 0 amide bonds. The molecule has 1 nitrogen and oxygen atoms in total. The standard InChI is InChI=1S/C18H17N/c1-3-14-12-15-8-4-5-9-16(15)18(14)13(2)17-10-6-7-11-19-17/h3-11,13H,1,12H2,2H3. The molecule has 0 saturated carbocycles. The summed E-state index contributed by atoms with van der Waals surface area (Å²) in [4.78, 5) is 4.50. The number of hydrogen-bond acceptors (Lipinski definition) is 1. The van der Waals surface area contributed by atoms with Gasteiger partial charge in [0.25, 0.3) is 0 Å². The number of aromatic nitrogens is 1. The first kappa shape index (κ1) is 11.9. The number of pyridine rings is 1. The van der Waals surface area contributed by atoms with Gasteiger partial charge in [0.2, 0.25) is 0 Å². The van der Waals surface area contributed by atoms with Crippen molar-refractivity contribution in [1.29, 1.82) is 0 Å². The van der Waals surface area contributed by atoms with E-state index < -0.39 is 0 Å². The predicted molar refractivity (Wildman–Crippen MR) is 79.9 cm³/mol. The van der Waals surface area contributed by atoms with Gasteiger partial charge in [0, 0.05) is 17.8 Å². The SMILES string of the molecule is C=CC1=C(C(C)c2ccccn2)c2ccccc2C1. The van der Waals surface area contributed by atoms with Crippen molar-refractivity contribution in [2.45, 2.75) is 19.3 Å². The Labute approximate surface area is 114 Å². The maximum absolute atomic E-state index is 4.50. The van der Waals surface area contributed by atoms with E-state index in [1.54, 1.807) is 0 Å². The van der Waals surface area contributed by atoms with Crippen LogP contribution >= 0.6 is 0 Å². The van der Waals surface area contributed by atoms with Crippen molar-refractivity contribution in [1.82, 2.24) is 4.98 Å². The molecule has 1 aromatic carbocycles. The Morgan fingerprint density at radius 3 is 2.68 bits per heavy atom. The van der Waals surface area contributed by atoms with E-state index in [0.717, 1.165) is 12.1 Å². The Bertz CT molecular complexity index is 638. The Kier molecular flexibility index (Phi) is 3.04. The molecular weight excluding hydrogens is 230 g/mol. The highest BCUT2D eigenvalue weighted by Crippen LogP contribution is 2.41. The van der Waals surface area contributed by atoms with E-state index in [1.807, 2.05) is 24.4 Å². The Hall–Kier alpha value is -2.15. The van der Waals surface area contributed by atoms with Gasteiger partial charge in [-0.1, -0.05) is 49.9 Å². The van der Waals surface area contributed by atoms with Crippen molar-refractivity contribution in [3.63, 3.8) is 0 Å². The van der Waals surface area contributed by atoms with Gasteiger partial charge >= 0.3 is 0 Å². The van der Waals surface area contributed by atoms with E-state index in [-0.39, 0.29) is 0 Å². The van der Waals surface area contributed by atoms with Gasteiger partial charge in [-0.25, -0.2) is 0 Å². The van der Waals surface area contributed by atoms with Gasteiger partial charge in [-0.15, -0.1) is 0 Å². The van der Waals surface area contributed by atoms with Crippen LogP contribution in [-0.2, 0) is 6.42 Å². The second-order valence-corrected chi connectivity index (χ2v) is 4.95. The molecule has 1 heterocycles. The molecular formula is C18H17N. The van der Waals surface area contributed by atoms with Crippen LogP contribution in [0.4, 0.5) is 0 Å². The van der Waals surface area contributed by atoms with Gasteiger partial charge in [-0.3, -0.25) is 4.98 Å². The summed E-state index contributed by atoms with van der Waals surface area (Å²) < 4.78 is 0. The van der Waals surface area contributed by atoms with E-state index in [9.17, 15) is 0 Å². The van der Waals surface area contributed by atoms with Crippen LogP contribution in [0.15, 0.2) is 66.9 Å². The molecule has 0 bridgehead atoms. The molecule has 0 saturated heterocycles. The van der Waals surface area contributed by atoms with Crippen LogP contribution in [-0.4, -0.2) is 4.98 Å². The summed E-state index contributed by atoms with van der Waals surface area (Å²) in [6.07, 6.45) is 4.85. The van der Waals surface area contributed by atoms with Crippen molar-refractivity contribution in [2.24, 2.45) is 0 Å². The maximum atomic E-state index is 4.50. The minimum Gasteiger partial charge on any atom is -0.261 e. The first-order chi connectivity index (χ1) is 9.31. The molecule has 0 radical (unpaired) electrons. The molecule has 0 fully saturated rings. The lowest BCUT2D eigenvalue weighted by molar-refractivity contribution is 0.923. The van der Waals surface area contributed by atoms with E-state index in [1.165, 1.54) is 22.3 Å². The molecule has 3 rings (SSSR count). The predicted octanol–water partition coefficient (Wildman–Crippen LogP) is 4.38. The fourth-order valence-corrected chi connectivity index (χ4v) is 2.88. The van der Waals surface area contributed by atoms with Crippen molar-refractivity contribution in [3.8, 4) is 0 Å². The Balaban J connectivity index is 2.09. The molecule has 1 aliphatic rings. The lowest BCUT2D eigenvalue weighted by Crippen LogP contribution is -2.00. The van der Waals surface area contributed by atoms with Crippen LogP contribution in [0.5, 0.6) is 0 Å². The molecule has 1 aliphatic carbocycles. The summed E-state index contributed by atoms with van der Waals surface area (Å²) in [6.45, 7) is 6.20. The second kappa shape index (κ2) is 4.85. The van der Waals surface area contributed by atoms with Crippen LogP contribution in [0.25, 0.3) is 5.57 Å². The fourth-order valence-electron chi connectivity index (χ4n) is 2.88. The quantitative estimate of drug-likeness (QED) is 0.784. The fraction of sp³-hybridized carbons (Fsp3) is 0.167. The Morgan fingerprint density at radius 1 is 1.16 bits per heavy atom. The summed E-state index contributed by atoms with van der Waals surface area (Å²) in [5, 5.41) is 0. The summed E-state index contributed by atoms with van der Waals surface area (Å²) in [5.41, 5.74) is 6.59. The van der Waals surface area contributed by atoms with Crippen LogP contribution < -0.4 is 0 Å². The number of rotatable bonds is 3. The Morgan fingerprint density at radius 2 is 1.95 bits per heavy atom. The minimum atomic E-state index is 0.304. The largest absolute Gasteiger partial charge is 0.261 e. The summed E-state index contributed by atoms with van der Waals surface area (Å²) in [5.74, 6) is 0.304. The van der Waals surface area contributed by atoms with E-state index >= 15 is 0 Å². The molecule has 1 heteroatoms. The van der Waals surface area contributed by atoms with Crippen molar-refractivity contribution < 1.29 is 0 Å². The van der Waals surface area contributed by atoms with E-state index in [0.29, 0.717) is 5.92 Å². The average Bonchev–Trinajstić information content (AvgIpc) is 2.86. The lowest BCUT2D eigenvalue weighted by atomic mass is 9.90.